The molecule has 2 aromatic rings. The van der Waals surface area contributed by atoms with Gasteiger partial charge in [-0.25, -0.2) is 0 Å². The third-order valence-electron chi connectivity index (χ3n) is 5.53. The number of fused-ring (bicyclic) bond motifs is 1. The van der Waals surface area contributed by atoms with Crippen LogP contribution in [0.15, 0.2) is 30.3 Å². The van der Waals surface area contributed by atoms with Crippen LogP contribution in [-0.4, -0.2) is 83.9 Å². The van der Waals surface area contributed by atoms with E-state index in [1.165, 1.54) is 12.1 Å². The van der Waals surface area contributed by atoms with Gasteiger partial charge in [-0.05, 0) is 12.1 Å². The Morgan fingerprint density at radius 2 is 1.64 bits per heavy atom. The van der Waals surface area contributed by atoms with E-state index in [0.29, 0.717) is 0 Å². The third kappa shape index (κ3) is 4.04. The second-order valence-corrected chi connectivity index (χ2v) is 7.72. The molecule has 7 atom stereocenters. The normalized spacial score (nSPS) is 31.5. The first kappa shape index (κ1) is 23.0. The molecule has 0 aliphatic carbocycles. The molecule has 6 unspecified atom stereocenters. The monoisotopic (exact) mass is 466 g/mol. The van der Waals surface area contributed by atoms with E-state index in [4.69, 9.17) is 14.2 Å². The topological polar surface area (TPSA) is 207 Å². The quantitative estimate of drug-likeness (QED) is 0.265. The van der Waals surface area contributed by atoms with E-state index in [9.17, 15) is 45.6 Å². The molecule has 2 heterocycles. The molecular weight excluding hydrogens is 444 g/mol. The summed E-state index contributed by atoms with van der Waals surface area (Å²) >= 11 is 0. The summed E-state index contributed by atoms with van der Waals surface area (Å²) in [5.41, 5.74) is -0.101. The smallest absolute Gasteiger partial charge is 0.229 e. The van der Waals surface area contributed by atoms with Crippen molar-refractivity contribution in [2.45, 2.75) is 42.9 Å². The number of aromatic hydroxyl groups is 3. The van der Waals surface area contributed by atoms with E-state index in [-0.39, 0.29) is 28.4 Å². The Hall–Kier alpha value is -3.13. The number of hydrogen-bond acceptors (Lipinski definition) is 12. The molecular formula is C21H22O12. The molecule has 33 heavy (non-hydrogen) atoms. The van der Waals surface area contributed by atoms with Crippen LogP contribution in [0, 0.1) is 0 Å². The molecule has 0 spiro atoms. The molecule has 12 heteroatoms. The molecule has 0 saturated carbocycles. The van der Waals surface area contributed by atoms with E-state index < -0.39 is 66.8 Å². The molecule has 178 valence electrons. The Labute approximate surface area is 186 Å². The summed E-state index contributed by atoms with van der Waals surface area (Å²) < 4.78 is 16.3. The van der Waals surface area contributed by atoms with Crippen molar-refractivity contribution in [3.63, 3.8) is 0 Å². The van der Waals surface area contributed by atoms with Gasteiger partial charge in [0.15, 0.2) is 17.6 Å². The average molecular weight is 466 g/mol. The number of phenolic OH excluding ortho intramolecular Hbond substituents is 3. The number of ketones is 1. The van der Waals surface area contributed by atoms with Gasteiger partial charge in [0.05, 0.1) is 12.2 Å². The van der Waals surface area contributed by atoms with Gasteiger partial charge < -0.3 is 55.1 Å². The summed E-state index contributed by atoms with van der Waals surface area (Å²) in [5, 5.41) is 79.4. The lowest BCUT2D eigenvalue weighted by Crippen LogP contribution is -2.60. The SMILES string of the molecule is O=C1C(O)c2c(O)cc(O)cc2O[C@@H]1c1ccc(O)c(OC2OC(CO)C(O)C(O)C2O)c1. The maximum absolute atomic E-state index is 12.7. The van der Waals surface area contributed by atoms with Crippen LogP contribution in [0.2, 0.25) is 0 Å². The van der Waals surface area contributed by atoms with Gasteiger partial charge in [-0.1, -0.05) is 6.07 Å². The Kier molecular flexibility index (Phi) is 6.05. The fourth-order valence-electron chi connectivity index (χ4n) is 3.75. The first-order valence-corrected chi connectivity index (χ1v) is 9.86. The fourth-order valence-corrected chi connectivity index (χ4v) is 3.75. The second kappa shape index (κ2) is 8.67. The highest BCUT2D eigenvalue weighted by molar-refractivity contribution is 5.92. The lowest BCUT2D eigenvalue weighted by Gasteiger charge is -2.39. The van der Waals surface area contributed by atoms with Crippen LogP contribution < -0.4 is 9.47 Å². The predicted octanol–water partition coefficient (Wildman–Crippen LogP) is -1.28. The number of carbonyl (C=O) groups is 1. The van der Waals surface area contributed by atoms with Gasteiger partial charge in [0.2, 0.25) is 12.1 Å². The predicted molar refractivity (Wildman–Crippen MR) is 106 cm³/mol. The number of hydrogen-bond donors (Lipinski definition) is 8. The number of aliphatic hydroxyl groups excluding tert-OH is 5. The molecule has 0 aromatic heterocycles. The maximum atomic E-state index is 12.7. The largest absolute Gasteiger partial charge is 0.508 e. The first-order chi connectivity index (χ1) is 15.6. The molecule has 0 bridgehead atoms. The van der Waals surface area contributed by atoms with Gasteiger partial charge in [0.25, 0.3) is 0 Å². The number of phenols is 3. The molecule has 0 radical (unpaired) electrons. The van der Waals surface area contributed by atoms with Crippen LogP contribution in [0.1, 0.15) is 23.3 Å². The van der Waals surface area contributed by atoms with Crippen molar-refractivity contribution < 1.29 is 59.9 Å². The van der Waals surface area contributed by atoms with Crippen molar-refractivity contribution in [3.8, 4) is 28.7 Å². The summed E-state index contributed by atoms with van der Waals surface area (Å²) in [6.07, 6.45) is -11.1. The minimum absolute atomic E-state index is 0.102. The first-order valence-electron chi connectivity index (χ1n) is 9.86. The summed E-state index contributed by atoms with van der Waals surface area (Å²) in [7, 11) is 0. The van der Waals surface area contributed by atoms with Gasteiger partial charge >= 0.3 is 0 Å². The number of ether oxygens (including phenoxy) is 3. The highest BCUT2D eigenvalue weighted by Crippen LogP contribution is 2.45. The second-order valence-electron chi connectivity index (χ2n) is 7.72. The van der Waals surface area contributed by atoms with Gasteiger partial charge in [-0.3, -0.25) is 4.79 Å². The highest BCUT2D eigenvalue weighted by Gasteiger charge is 2.45. The van der Waals surface area contributed by atoms with Crippen LogP contribution in [0.5, 0.6) is 28.7 Å². The Bertz CT molecular complexity index is 1050. The van der Waals surface area contributed by atoms with Gasteiger partial charge in [-0.15, -0.1) is 0 Å². The van der Waals surface area contributed by atoms with Crippen molar-refractivity contribution in [1.29, 1.82) is 0 Å². The standard InChI is InChI=1S/C21H22O12/c22-6-13-15(26)17(28)19(30)21(33-13)32-11-3-7(1-2-9(11)24)20-18(29)16(27)14-10(25)4-8(23)5-12(14)31-20/h1-5,13,15-17,19-28,30H,6H2/t13?,15?,16?,17?,19?,20-,21?/m1/s1. The minimum atomic E-state index is -1.76. The maximum Gasteiger partial charge on any atom is 0.229 e. The lowest BCUT2D eigenvalue weighted by atomic mass is 9.92. The Morgan fingerprint density at radius 3 is 2.33 bits per heavy atom. The lowest BCUT2D eigenvalue weighted by molar-refractivity contribution is -0.277. The molecule has 1 fully saturated rings. The number of rotatable bonds is 4. The van der Waals surface area contributed by atoms with Gasteiger partial charge in [0, 0.05) is 17.7 Å². The average Bonchev–Trinajstić information content (AvgIpc) is 2.77. The van der Waals surface area contributed by atoms with Crippen molar-refractivity contribution in [3.05, 3.63) is 41.5 Å². The molecule has 2 aliphatic rings. The van der Waals surface area contributed by atoms with E-state index >= 15 is 0 Å². The van der Waals surface area contributed by atoms with Gasteiger partial charge in [0.1, 0.15) is 47.8 Å². The minimum Gasteiger partial charge on any atom is -0.508 e. The zero-order valence-corrected chi connectivity index (χ0v) is 16.8. The number of Topliss-reactive ketones (excluding diaryl/α,β-unsaturated/α-hetero) is 1. The van der Waals surface area contributed by atoms with Crippen LogP contribution in [0.4, 0.5) is 0 Å². The highest BCUT2D eigenvalue weighted by atomic mass is 16.7. The summed E-state index contributed by atoms with van der Waals surface area (Å²) in [6.45, 7) is -0.682. The Morgan fingerprint density at radius 1 is 0.909 bits per heavy atom. The molecule has 2 aliphatic heterocycles. The summed E-state index contributed by atoms with van der Waals surface area (Å²) in [5.74, 6) is -2.59. The number of carbonyl (C=O) groups excluding carboxylic acids is 1. The zero-order chi connectivity index (χ0) is 24.0. The summed E-state index contributed by atoms with van der Waals surface area (Å²) in [4.78, 5) is 12.7. The van der Waals surface area contributed by atoms with E-state index in [1.54, 1.807) is 0 Å². The van der Waals surface area contributed by atoms with Crippen molar-refractivity contribution in [1.82, 2.24) is 0 Å². The number of aliphatic hydroxyl groups is 5. The molecule has 1 saturated heterocycles. The van der Waals surface area contributed by atoms with Crippen LogP contribution in [0.3, 0.4) is 0 Å². The molecule has 12 nitrogen and oxygen atoms in total. The zero-order valence-electron chi connectivity index (χ0n) is 16.8. The third-order valence-corrected chi connectivity index (χ3v) is 5.53. The molecule has 4 rings (SSSR count). The van der Waals surface area contributed by atoms with Crippen molar-refractivity contribution in [2.75, 3.05) is 6.61 Å². The Balaban J connectivity index is 1.63. The van der Waals surface area contributed by atoms with Crippen LogP contribution >= 0.6 is 0 Å². The van der Waals surface area contributed by atoms with E-state index in [2.05, 4.69) is 0 Å². The van der Waals surface area contributed by atoms with Crippen molar-refractivity contribution >= 4 is 5.78 Å². The van der Waals surface area contributed by atoms with Crippen LogP contribution in [0.25, 0.3) is 0 Å². The van der Waals surface area contributed by atoms with Crippen LogP contribution in [-0.2, 0) is 9.53 Å². The fraction of sp³-hybridized carbons (Fsp3) is 0.381. The molecule has 0 amide bonds. The number of benzene rings is 2. The molecule has 8 N–H and O–H groups in total. The molecule has 2 aromatic carbocycles. The van der Waals surface area contributed by atoms with E-state index in [1.807, 2.05) is 0 Å². The van der Waals surface area contributed by atoms with Crippen molar-refractivity contribution in [2.24, 2.45) is 0 Å². The van der Waals surface area contributed by atoms with Gasteiger partial charge in [-0.2, -0.15) is 0 Å². The van der Waals surface area contributed by atoms with E-state index in [0.717, 1.165) is 18.2 Å². The summed E-state index contributed by atoms with van der Waals surface area (Å²) in [6, 6.07) is 5.68.